The summed E-state index contributed by atoms with van der Waals surface area (Å²) in [5.74, 6) is 2.06. The second kappa shape index (κ2) is 3.23. The first-order valence-electron chi connectivity index (χ1n) is 4.37. The molecule has 0 bridgehead atoms. The molecule has 12 heavy (non-hydrogen) atoms. The van der Waals surface area contributed by atoms with E-state index in [1.807, 2.05) is 7.05 Å². The van der Waals surface area contributed by atoms with Crippen LogP contribution in [0.3, 0.4) is 0 Å². The van der Waals surface area contributed by atoms with E-state index in [0.717, 1.165) is 5.89 Å². The zero-order valence-corrected chi connectivity index (χ0v) is 7.21. The molecule has 0 aliphatic heterocycles. The van der Waals surface area contributed by atoms with Crippen molar-refractivity contribution in [3.8, 4) is 0 Å². The molecule has 1 aromatic heterocycles. The van der Waals surface area contributed by atoms with E-state index in [1.54, 1.807) is 0 Å². The van der Waals surface area contributed by atoms with Crippen molar-refractivity contribution < 1.29 is 4.42 Å². The van der Waals surface area contributed by atoms with E-state index in [9.17, 15) is 0 Å². The molecule has 0 spiro atoms. The standard InChI is InChI=1S/C8H13N3O/c1-9-5-7-10-11-8(12-7)6-3-2-4-6/h6,9H,2-5H2,1H3. The SMILES string of the molecule is CNCc1nnc(C2CCC2)o1. The largest absolute Gasteiger partial charge is 0.424 e. The van der Waals surface area contributed by atoms with Crippen molar-refractivity contribution in [1.29, 1.82) is 0 Å². The van der Waals surface area contributed by atoms with Crippen molar-refractivity contribution >= 4 is 0 Å². The molecular weight excluding hydrogens is 154 g/mol. The average Bonchev–Trinajstić information content (AvgIpc) is 2.34. The second-order valence-corrected chi connectivity index (χ2v) is 3.19. The summed E-state index contributed by atoms with van der Waals surface area (Å²) >= 11 is 0. The summed E-state index contributed by atoms with van der Waals surface area (Å²) in [7, 11) is 1.87. The van der Waals surface area contributed by atoms with Gasteiger partial charge in [0, 0.05) is 5.92 Å². The molecule has 0 amide bonds. The highest BCUT2D eigenvalue weighted by molar-refractivity contribution is 4.95. The molecule has 1 fully saturated rings. The van der Waals surface area contributed by atoms with E-state index in [2.05, 4.69) is 15.5 Å². The van der Waals surface area contributed by atoms with Crippen LogP contribution in [0.25, 0.3) is 0 Å². The molecule has 4 heteroatoms. The van der Waals surface area contributed by atoms with E-state index < -0.39 is 0 Å². The van der Waals surface area contributed by atoms with Gasteiger partial charge in [-0.15, -0.1) is 10.2 Å². The minimum atomic E-state index is 0.545. The molecule has 1 saturated carbocycles. The fraction of sp³-hybridized carbons (Fsp3) is 0.750. The van der Waals surface area contributed by atoms with Crippen LogP contribution in [0.15, 0.2) is 4.42 Å². The van der Waals surface area contributed by atoms with Crippen molar-refractivity contribution in [3.05, 3.63) is 11.8 Å². The molecule has 1 heterocycles. The molecule has 1 aliphatic rings. The van der Waals surface area contributed by atoms with Crippen molar-refractivity contribution in [2.75, 3.05) is 7.05 Å². The number of aromatic nitrogens is 2. The Morgan fingerprint density at radius 1 is 1.50 bits per heavy atom. The molecule has 1 N–H and O–H groups in total. The Morgan fingerprint density at radius 3 is 2.92 bits per heavy atom. The predicted octanol–water partition coefficient (Wildman–Crippen LogP) is 1.06. The molecule has 2 rings (SSSR count). The van der Waals surface area contributed by atoms with Gasteiger partial charge in [-0.2, -0.15) is 0 Å². The number of nitrogens with zero attached hydrogens (tertiary/aromatic N) is 2. The average molecular weight is 167 g/mol. The predicted molar refractivity (Wildman–Crippen MR) is 43.7 cm³/mol. The first-order chi connectivity index (χ1) is 5.90. The Kier molecular flexibility index (Phi) is 2.08. The van der Waals surface area contributed by atoms with Crippen molar-refractivity contribution in [1.82, 2.24) is 15.5 Å². The summed E-state index contributed by atoms with van der Waals surface area (Å²) in [6.07, 6.45) is 3.72. The highest BCUT2D eigenvalue weighted by atomic mass is 16.4. The Labute approximate surface area is 71.4 Å². The maximum absolute atomic E-state index is 5.44. The van der Waals surface area contributed by atoms with E-state index in [1.165, 1.54) is 19.3 Å². The third-order valence-corrected chi connectivity index (χ3v) is 2.26. The summed E-state index contributed by atoms with van der Waals surface area (Å²) in [5.41, 5.74) is 0. The minimum absolute atomic E-state index is 0.545. The molecule has 1 aliphatic carbocycles. The van der Waals surface area contributed by atoms with Crippen LogP contribution in [0.4, 0.5) is 0 Å². The first-order valence-corrected chi connectivity index (χ1v) is 4.37. The Bertz CT molecular complexity index is 255. The normalized spacial score (nSPS) is 17.8. The third-order valence-electron chi connectivity index (χ3n) is 2.26. The number of rotatable bonds is 3. The fourth-order valence-electron chi connectivity index (χ4n) is 1.31. The van der Waals surface area contributed by atoms with Gasteiger partial charge in [0.2, 0.25) is 11.8 Å². The maximum Gasteiger partial charge on any atom is 0.230 e. The van der Waals surface area contributed by atoms with E-state index >= 15 is 0 Å². The van der Waals surface area contributed by atoms with Crippen molar-refractivity contribution in [3.63, 3.8) is 0 Å². The number of hydrogen-bond acceptors (Lipinski definition) is 4. The monoisotopic (exact) mass is 167 g/mol. The highest BCUT2D eigenvalue weighted by Crippen LogP contribution is 2.35. The van der Waals surface area contributed by atoms with Crippen LogP contribution < -0.4 is 5.32 Å². The lowest BCUT2D eigenvalue weighted by Crippen LogP contribution is -2.08. The van der Waals surface area contributed by atoms with Gasteiger partial charge in [-0.1, -0.05) is 6.42 Å². The Morgan fingerprint density at radius 2 is 2.33 bits per heavy atom. The van der Waals surface area contributed by atoms with E-state index in [-0.39, 0.29) is 0 Å². The summed E-state index contributed by atoms with van der Waals surface area (Å²) in [6.45, 7) is 0.666. The lowest BCUT2D eigenvalue weighted by Gasteiger charge is -2.20. The summed E-state index contributed by atoms with van der Waals surface area (Å²) in [5, 5.41) is 10.9. The quantitative estimate of drug-likeness (QED) is 0.731. The van der Waals surface area contributed by atoms with Crippen LogP contribution in [-0.2, 0) is 6.54 Å². The van der Waals surface area contributed by atoms with Crippen LogP contribution in [0.2, 0.25) is 0 Å². The Balaban J connectivity index is 2.02. The third kappa shape index (κ3) is 1.34. The van der Waals surface area contributed by atoms with E-state index in [0.29, 0.717) is 18.4 Å². The molecule has 1 aromatic rings. The molecule has 0 aromatic carbocycles. The lowest BCUT2D eigenvalue weighted by molar-refractivity contribution is 0.323. The van der Waals surface area contributed by atoms with Gasteiger partial charge in [0.25, 0.3) is 0 Å². The van der Waals surface area contributed by atoms with Crippen LogP contribution in [-0.4, -0.2) is 17.2 Å². The smallest absolute Gasteiger partial charge is 0.230 e. The second-order valence-electron chi connectivity index (χ2n) is 3.19. The molecule has 0 saturated heterocycles. The van der Waals surface area contributed by atoms with Crippen molar-refractivity contribution in [2.45, 2.75) is 31.7 Å². The molecule has 0 radical (unpaired) electrons. The summed E-state index contributed by atoms with van der Waals surface area (Å²) in [4.78, 5) is 0. The van der Waals surface area contributed by atoms with E-state index in [4.69, 9.17) is 4.42 Å². The maximum atomic E-state index is 5.44. The molecule has 0 unspecified atom stereocenters. The van der Waals surface area contributed by atoms with Crippen LogP contribution in [0.1, 0.15) is 37.0 Å². The molecule has 0 atom stereocenters. The molecular formula is C8H13N3O. The van der Waals surface area contributed by atoms with Gasteiger partial charge in [0.15, 0.2) is 0 Å². The van der Waals surface area contributed by atoms with Crippen molar-refractivity contribution in [2.24, 2.45) is 0 Å². The Hall–Kier alpha value is -0.900. The molecule has 66 valence electrons. The zero-order valence-electron chi connectivity index (χ0n) is 7.21. The topological polar surface area (TPSA) is 51.0 Å². The van der Waals surface area contributed by atoms with Gasteiger partial charge in [-0.25, -0.2) is 0 Å². The zero-order chi connectivity index (χ0) is 8.39. The van der Waals surface area contributed by atoms with Gasteiger partial charge in [-0.3, -0.25) is 0 Å². The van der Waals surface area contributed by atoms with Gasteiger partial charge >= 0.3 is 0 Å². The number of hydrogen-bond donors (Lipinski definition) is 1. The van der Waals surface area contributed by atoms with Gasteiger partial charge in [0.05, 0.1) is 6.54 Å². The van der Waals surface area contributed by atoms with Gasteiger partial charge in [-0.05, 0) is 19.9 Å². The van der Waals surface area contributed by atoms with Gasteiger partial charge < -0.3 is 9.73 Å². The van der Waals surface area contributed by atoms with Crippen LogP contribution >= 0.6 is 0 Å². The lowest BCUT2D eigenvalue weighted by atomic mass is 9.85. The highest BCUT2D eigenvalue weighted by Gasteiger charge is 2.24. The minimum Gasteiger partial charge on any atom is -0.424 e. The molecule has 4 nitrogen and oxygen atoms in total. The fourth-order valence-corrected chi connectivity index (χ4v) is 1.31. The number of nitrogens with one attached hydrogen (secondary N) is 1. The summed E-state index contributed by atoms with van der Waals surface area (Å²) in [6, 6.07) is 0. The van der Waals surface area contributed by atoms with Crippen LogP contribution in [0, 0.1) is 0 Å². The van der Waals surface area contributed by atoms with Gasteiger partial charge in [0.1, 0.15) is 0 Å². The summed E-state index contributed by atoms with van der Waals surface area (Å²) < 4.78 is 5.44. The van der Waals surface area contributed by atoms with Crippen LogP contribution in [0.5, 0.6) is 0 Å². The first kappa shape index (κ1) is 7.73.